The number of nitrogens with one attached hydrogen (secondary N) is 2. The average molecular weight is 405 g/mol. The summed E-state index contributed by atoms with van der Waals surface area (Å²) in [5.41, 5.74) is 2.52. The van der Waals surface area contributed by atoms with Gasteiger partial charge in [0.2, 0.25) is 0 Å². The van der Waals surface area contributed by atoms with Gasteiger partial charge in [0.15, 0.2) is 6.61 Å². The molecule has 1 unspecified atom stereocenters. The minimum atomic E-state index is -0.466. The van der Waals surface area contributed by atoms with Crippen LogP contribution in [0.4, 0.5) is 0 Å². The number of halogens is 2. The first-order valence-electron chi connectivity index (χ1n) is 8.39. The second-order valence-corrected chi connectivity index (χ2v) is 7.00. The van der Waals surface area contributed by atoms with E-state index >= 15 is 0 Å². The van der Waals surface area contributed by atoms with Crippen LogP contribution in [0.1, 0.15) is 24.1 Å². The number of hydrogen-bond acceptors (Lipinski definition) is 3. The van der Waals surface area contributed by atoms with Crippen LogP contribution in [0.25, 0.3) is 10.9 Å². The normalized spacial score (nSPS) is 12.0. The summed E-state index contributed by atoms with van der Waals surface area (Å²) >= 11 is 12.0. The first-order valence-corrected chi connectivity index (χ1v) is 9.14. The van der Waals surface area contributed by atoms with E-state index in [-0.39, 0.29) is 19.1 Å². The molecule has 1 atom stereocenters. The first-order chi connectivity index (χ1) is 12.9. The quantitative estimate of drug-likeness (QED) is 0.596. The number of carbonyl (C=O) groups excluding carboxylic acids is 2. The lowest BCUT2D eigenvalue weighted by Gasteiger charge is -2.16. The maximum Gasteiger partial charge on any atom is 0.310 e. The molecule has 140 valence electrons. The second-order valence-electron chi connectivity index (χ2n) is 6.15. The van der Waals surface area contributed by atoms with Crippen molar-refractivity contribution in [3.8, 4) is 0 Å². The summed E-state index contributed by atoms with van der Waals surface area (Å²) in [7, 11) is 0. The van der Waals surface area contributed by atoms with Crippen molar-refractivity contribution in [3.63, 3.8) is 0 Å². The largest absolute Gasteiger partial charge is 0.455 e. The molecule has 5 nitrogen and oxygen atoms in total. The van der Waals surface area contributed by atoms with Gasteiger partial charge < -0.3 is 15.0 Å². The lowest BCUT2D eigenvalue weighted by atomic mass is 10.1. The molecule has 1 aromatic heterocycles. The SMILES string of the molecule is CC(NC(=O)COC(=O)Cc1c[nH]c2ccccc12)c1ccc(Cl)cc1Cl. The van der Waals surface area contributed by atoms with Crippen molar-refractivity contribution < 1.29 is 14.3 Å². The topological polar surface area (TPSA) is 71.2 Å². The predicted molar refractivity (Wildman–Crippen MR) is 106 cm³/mol. The Hall–Kier alpha value is -2.50. The number of amides is 1. The number of H-pyrrole nitrogens is 1. The van der Waals surface area contributed by atoms with Gasteiger partial charge in [-0.2, -0.15) is 0 Å². The van der Waals surface area contributed by atoms with Crippen LogP contribution in [0.5, 0.6) is 0 Å². The molecule has 7 heteroatoms. The highest BCUT2D eigenvalue weighted by molar-refractivity contribution is 6.35. The summed E-state index contributed by atoms with van der Waals surface area (Å²) in [5, 5.41) is 4.70. The Kier molecular flexibility index (Phi) is 6.04. The molecule has 2 N–H and O–H groups in total. The number of aromatic nitrogens is 1. The molecule has 0 aliphatic rings. The predicted octanol–water partition coefficient (Wildman–Crippen LogP) is 4.44. The number of hydrogen-bond donors (Lipinski definition) is 2. The van der Waals surface area contributed by atoms with E-state index in [0.717, 1.165) is 22.0 Å². The van der Waals surface area contributed by atoms with Crippen molar-refractivity contribution in [2.75, 3.05) is 6.61 Å². The number of para-hydroxylation sites is 1. The molecule has 3 aromatic rings. The van der Waals surface area contributed by atoms with Gasteiger partial charge in [0, 0.05) is 27.1 Å². The van der Waals surface area contributed by atoms with Crippen molar-refractivity contribution in [1.29, 1.82) is 0 Å². The molecule has 27 heavy (non-hydrogen) atoms. The summed E-state index contributed by atoms with van der Waals surface area (Å²) in [6.07, 6.45) is 1.87. The number of carbonyl (C=O) groups is 2. The van der Waals surface area contributed by atoms with Crippen LogP contribution in [0.3, 0.4) is 0 Å². The van der Waals surface area contributed by atoms with Gasteiger partial charge in [-0.1, -0.05) is 47.5 Å². The molecule has 0 aliphatic heterocycles. The van der Waals surface area contributed by atoms with Crippen molar-refractivity contribution in [2.24, 2.45) is 0 Å². The number of rotatable bonds is 6. The highest BCUT2D eigenvalue weighted by Gasteiger charge is 2.15. The zero-order chi connectivity index (χ0) is 19.4. The highest BCUT2D eigenvalue weighted by atomic mass is 35.5. The third kappa shape index (κ3) is 4.81. The fourth-order valence-corrected chi connectivity index (χ4v) is 3.42. The van der Waals surface area contributed by atoms with Crippen LogP contribution in [0.2, 0.25) is 10.0 Å². The van der Waals surface area contributed by atoms with Gasteiger partial charge in [-0.3, -0.25) is 9.59 Å². The van der Waals surface area contributed by atoms with Gasteiger partial charge in [0.25, 0.3) is 5.91 Å². The zero-order valence-electron chi connectivity index (χ0n) is 14.6. The van der Waals surface area contributed by atoms with Gasteiger partial charge in [0.05, 0.1) is 12.5 Å². The fourth-order valence-electron chi connectivity index (χ4n) is 2.84. The van der Waals surface area contributed by atoms with Crippen LogP contribution in [-0.4, -0.2) is 23.5 Å². The number of aromatic amines is 1. The third-order valence-electron chi connectivity index (χ3n) is 4.18. The first kappa shape index (κ1) is 19.3. The van der Waals surface area contributed by atoms with Crippen LogP contribution in [0, 0.1) is 0 Å². The summed E-state index contributed by atoms with van der Waals surface area (Å²) in [4.78, 5) is 27.2. The van der Waals surface area contributed by atoms with Crippen molar-refractivity contribution in [3.05, 3.63) is 69.8 Å². The van der Waals surface area contributed by atoms with E-state index in [4.69, 9.17) is 27.9 Å². The maximum absolute atomic E-state index is 12.1. The average Bonchev–Trinajstić information content (AvgIpc) is 3.03. The molecule has 0 saturated carbocycles. The van der Waals surface area contributed by atoms with Gasteiger partial charge in [-0.25, -0.2) is 0 Å². The molecule has 0 aliphatic carbocycles. The fraction of sp³-hybridized carbons (Fsp3) is 0.200. The van der Waals surface area contributed by atoms with Crippen molar-refractivity contribution in [2.45, 2.75) is 19.4 Å². The third-order valence-corrected chi connectivity index (χ3v) is 4.74. The number of esters is 1. The Morgan fingerprint density at radius 3 is 2.74 bits per heavy atom. The Morgan fingerprint density at radius 1 is 1.19 bits per heavy atom. The minimum absolute atomic E-state index is 0.0931. The van der Waals surface area contributed by atoms with Gasteiger partial charge in [-0.15, -0.1) is 0 Å². The van der Waals surface area contributed by atoms with E-state index in [1.54, 1.807) is 31.3 Å². The second kappa shape index (κ2) is 8.46. The maximum atomic E-state index is 12.1. The number of benzene rings is 2. The minimum Gasteiger partial charge on any atom is -0.455 e. The Balaban J connectivity index is 1.52. The van der Waals surface area contributed by atoms with Gasteiger partial charge in [-0.05, 0) is 36.2 Å². The van der Waals surface area contributed by atoms with Crippen molar-refractivity contribution in [1.82, 2.24) is 10.3 Å². The van der Waals surface area contributed by atoms with Crippen LogP contribution in [0.15, 0.2) is 48.7 Å². The molecule has 0 fully saturated rings. The van der Waals surface area contributed by atoms with Crippen LogP contribution in [-0.2, 0) is 20.7 Å². The van der Waals surface area contributed by atoms with E-state index in [2.05, 4.69) is 10.3 Å². The van der Waals surface area contributed by atoms with E-state index in [1.807, 2.05) is 24.3 Å². The molecule has 2 aromatic carbocycles. The lowest BCUT2D eigenvalue weighted by molar-refractivity contribution is -0.148. The summed E-state index contributed by atoms with van der Waals surface area (Å²) in [5.74, 6) is -0.868. The van der Waals surface area contributed by atoms with Gasteiger partial charge in [0.1, 0.15) is 0 Å². The van der Waals surface area contributed by atoms with Crippen LogP contribution >= 0.6 is 23.2 Å². The van der Waals surface area contributed by atoms with E-state index in [0.29, 0.717) is 10.0 Å². The number of fused-ring (bicyclic) bond motifs is 1. The Labute approximate surface area is 166 Å². The Bertz CT molecular complexity index is 984. The number of ether oxygens (including phenoxy) is 1. The van der Waals surface area contributed by atoms with E-state index in [9.17, 15) is 9.59 Å². The summed E-state index contributed by atoms with van der Waals surface area (Å²) in [6.45, 7) is 1.44. The molecule has 0 spiro atoms. The Morgan fingerprint density at radius 2 is 1.96 bits per heavy atom. The highest BCUT2D eigenvalue weighted by Crippen LogP contribution is 2.26. The molecule has 0 radical (unpaired) electrons. The molecule has 3 rings (SSSR count). The molecule has 0 bridgehead atoms. The molecule has 1 heterocycles. The molecule has 0 saturated heterocycles. The summed E-state index contributed by atoms with van der Waals surface area (Å²) in [6, 6.07) is 12.4. The smallest absolute Gasteiger partial charge is 0.310 e. The monoisotopic (exact) mass is 404 g/mol. The van der Waals surface area contributed by atoms with Crippen molar-refractivity contribution >= 4 is 46.0 Å². The van der Waals surface area contributed by atoms with Gasteiger partial charge >= 0.3 is 5.97 Å². The molecule has 1 amide bonds. The zero-order valence-corrected chi connectivity index (χ0v) is 16.1. The molecular weight excluding hydrogens is 387 g/mol. The summed E-state index contributed by atoms with van der Waals surface area (Å²) < 4.78 is 5.09. The lowest BCUT2D eigenvalue weighted by Crippen LogP contribution is -2.31. The molecular formula is C20H18Cl2N2O3. The standard InChI is InChI=1S/C20H18Cl2N2O3/c1-12(15-7-6-14(21)9-17(15)22)24-19(25)11-27-20(26)8-13-10-23-18-5-3-2-4-16(13)18/h2-7,9-10,12,23H,8,11H2,1H3,(H,24,25). The van der Waals surface area contributed by atoms with E-state index < -0.39 is 11.9 Å². The van der Waals surface area contributed by atoms with E-state index in [1.165, 1.54) is 0 Å². The van der Waals surface area contributed by atoms with Crippen LogP contribution < -0.4 is 5.32 Å².